The maximum absolute atomic E-state index is 12.2. The number of carboxylic acids is 1. The van der Waals surface area contributed by atoms with Gasteiger partial charge < -0.3 is 15.2 Å². The highest BCUT2D eigenvalue weighted by Crippen LogP contribution is 2.30. The topological polar surface area (TPSA) is 75.6 Å². The summed E-state index contributed by atoms with van der Waals surface area (Å²) < 4.78 is 5.04. The van der Waals surface area contributed by atoms with Crippen LogP contribution in [0.4, 0.5) is 0 Å². The summed E-state index contributed by atoms with van der Waals surface area (Å²) in [4.78, 5) is 23.2. The fourth-order valence-electron chi connectivity index (χ4n) is 3.06. The lowest BCUT2D eigenvalue weighted by Gasteiger charge is -2.30. The molecule has 5 nitrogen and oxygen atoms in total. The van der Waals surface area contributed by atoms with Gasteiger partial charge in [0.2, 0.25) is 5.91 Å². The van der Waals surface area contributed by atoms with E-state index in [9.17, 15) is 9.59 Å². The second-order valence-corrected chi connectivity index (χ2v) is 6.34. The Balaban J connectivity index is 2.52. The molecule has 0 aliphatic heterocycles. The minimum Gasteiger partial charge on any atom is -0.481 e. The molecule has 0 radical (unpaired) electrons. The molecule has 20 heavy (non-hydrogen) atoms. The summed E-state index contributed by atoms with van der Waals surface area (Å²) in [6.07, 6.45) is 5.70. The Bertz CT molecular complexity index is 339. The molecule has 0 heterocycles. The third kappa shape index (κ3) is 5.49. The van der Waals surface area contributed by atoms with Crippen molar-refractivity contribution >= 4 is 11.9 Å². The van der Waals surface area contributed by atoms with Crippen molar-refractivity contribution in [3.63, 3.8) is 0 Å². The van der Waals surface area contributed by atoms with Gasteiger partial charge in [-0.1, -0.05) is 32.6 Å². The van der Waals surface area contributed by atoms with Crippen LogP contribution in [-0.4, -0.2) is 36.2 Å². The molecule has 2 atom stereocenters. The van der Waals surface area contributed by atoms with Crippen molar-refractivity contribution in [1.82, 2.24) is 5.32 Å². The predicted octanol–water partition coefficient (Wildman–Crippen LogP) is 2.20. The molecule has 5 heteroatoms. The molecule has 0 aromatic rings. The van der Waals surface area contributed by atoms with Gasteiger partial charge in [-0.05, 0) is 19.3 Å². The normalized spacial score (nSPS) is 20.4. The second-order valence-electron chi connectivity index (χ2n) is 6.34. The molecule has 1 aliphatic carbocycles. The highest BCUT2D eigenvalue weighted by molar-refractivity contribution is 5.80. The minimum absolute atomic E-state index is 0.0716. The molecule has 1 rings (SSSR count). The molecule has 116 valence electrons. The molecule has 0 aromatic carbocycles. The quantitative estimate of drug-likeness (QED) is 0.717. The standard InChI is InChI=1S/C15H27NO4/c1-11(8-12-6-4-5-7-12)14(19)16-15(2,10-20-3)9-13(17)18/h11-12H,4-10H2,1-3H3,(H,16,19)(H,17,18). The summed E-state index contributed by atoms with van der Waals surface area (Å²) in [5.41, 5.74) is -0.846. The first-order chi connectivity index (χ1) is 9.36. The van der Waals surface area contributed by atoms with Gasteiger partial charge in [-0.25, -0.2) is 0 Å². The fourth-order valence-corrected chi connectivity index (χ4v) is 3.06. The lowest BCUT2D eigenvalue weighted by Crippen LogP contribution is -2.52. The maximum Gasteiger partial charge on any atom is 0.305 e. The van der Waals surface area contributed by atoms with Gasteiger partial charge in [0.15, 0.2) is 0 Å². The number of rotatable bonds is 8. The Labute approximate surface area is 121 Å². The zero-order valence-corrected chi connectivity index (χ0v) is 12.8. The van der Waals surface area contributed by atoms with Gasteiger partial charge in [-0.15, -0.1) is 0 Å². The van der Waals surface area contributed by atoms with Gasteiger partial charge >= 0.3 is 5.97 Å². The maximum atomic E-state index is 12.2. The summed E-state index contributed by atoms with van der Waals surface area (Å²) in [6, 6.07) is 0. The molecule has 1 aliphatic rings. The van der Waals surface area contributed by atoms with E-state index < -0.39 is 11.5 Å². The smallest absolute Gasteiger partial charge is 0.305 e. The van der Waals surface area contributed by atoms with Crippen LogP contribution in [-0.2, 0) is 14.3 Å². The van der Waals surface area contributed by atoms with E-state index >= 15 is 0 Å². The van der Waals surface area contributed by atoms with Crippen LogP contribution in [0, 0.1) is 11.8 Å². The first-order valence-corrected chi connectivity index (χ1v) is 7.39. The van der Waals surface area contributed by atoms with Crippen LogP contribution >= 0.6 is 0 Å². The van der Waals surface area contributed by atoms with Crippen molar-refractivity contribution in [3.05, 3.63) is 0 Å². The van der Waals surface area contributed by atoms with Crippen LogP contribution in [0.2, 0.25) is 0 Å². The number of aliphatic carboxylic acids is 1. The molecule has 0 aromatic heterocycles. The number of carbonyl (C=O) groups is 2. The average molecular weight is 285 g/mol. The molecule has 2 unspecified atom stereocenters. The van der Waals surface area contributed by atoms with Crippen molar-refractivity contribution in [1.29, 1.82) is 0 Å². The fraction of sp³-hybridized carbons (Fsp3) is 0.867. The van der Waals surface area contributed by atoms with Gasteiger partial charge in [-0.2, -0.15) is 0 Å². The lowest BCUT2D eigenvalue weighted by molar-refractivity contribution is -0.140. The molecular weight excluding hydrogens is 258 g/mol. The van der Waals surface area contributed by atoms with Gasteiger partial charge in [0.1, 0.15) is 0 Å². The van der Waals surface area contributed by atoms with Crippen molar-refractivity contribution < 1.29 is 19.4 Å². The van der Waals surface area contributed by atoms with E-state index in [1.165, 1.54) is 32.8 Å². The van der Waals surface area contributed by atoms with Gasteiger partial charge in [0, 0.05) is 13.0 Å². The molecular formula is C15H27NO4. The molecule has 1 saturated carbocycles. The van der Waals surface area contributed by atoms with E-state index in [-0.39, 0.29) is 24.9 Å². The predicted molar refractivity (Wildman–Crippen MR) is 76.4 cm³/mol. The Morgan fingerprint density at radius 1 is 1.40 bits per heavy atom. The number of hydrogen-bond donors (Lipinski definition) is 2. The number of carbonyl (C=O) groups excluding carboxylic acids is 1. The van der Waals surface area contributed by atoms with Crippen LogP contribution in [0.15, 0.2) is 0 Å². The Hall–Kier alpha value is -1.10. The number of hydrogen-bond acceptors (Lipinski definition) is 3. The van der Waals surface area contributed by atoms with Crippen LogP contribution < -0.4 is 5.32 Å². The summed E-state index contributed by atoms with van der Waals surface area (Å²) in [6.45, 7) is 3.83. The van der Waals surface area contributed by atoms with Crippen molar-refractivity contribution in [2.45, 2.75) is 57.9 Å². The molecule has 1 amide bonds. The second kappa shape index (κ2) is 7.62. The minimum atomic E-state index is -0.937. The van der Waals surface area contributed by atoms with Gasteiger partial charge in [0.25, 0.3) is 0 Å². The van der Waals surface area contributed by atoms with E-state index in [0.29, 0.717) is 5.92 Å². The van der Waals surface area contributed by atoms with E-state index in [0.717, 1.165) is 6.42 Å². The summed E-state index contributed by atoms with van der Waals surface area (Å²) in [5.74, 6) is -0.446. The number of amides is 1. The van der Waals surface area contributed by atoms with Crippen LogP contribution in [0.3, 0.4) is 0 Å². The van der Waals surface area contributed by atoms with E-state index in [4.69, 9.17) is 9.84 Å². The molecule has 1 fully saturated rings. The van der Waals surface area contributed by atoms with Crippen LogP contribution in [0.5, 0.6) is 0 Å². The van der Waals surface area contributed by atoms with Crippen LogP contribution in [0.1, 0.15) is 52.4 Å². The van der Waals surface area contributed by atoms with E-state index in [2.05, 4.69) is 5.32 Å². The zero-order chi connectivity index (χ0) is 15.2. The van der Waals surface area contributed by atoms with Gasteiger partial charge in [-0.3, -0.25) is 9.59 Å². The summed E-state index contributed by atoms with van der Waals surface area (Å²) in [5, 5.41) is 11.8. The van der Waals surface area contributed by atoms with Crippen LogP contribution in [0.25, 0.3) is 0 Å². The Morgan fingerprint density at radius 3 is 2.50 bits per heavy atom. The van der Waals surface area contributed by atoms with Gasteiger partial charge in [0.05, 0.1) is 18.6 Å². The molecule has 2 N–H and O–H groups in total. The molecule has 0 spiro atoms. The first kappa shape index (κ1) is 17.0. The first-order valence-electron chi connectivity index (χ1n) is 7.39. The zero-order valence-electron chi connectivity index (χ0n) is 12.8. The number of methoxy groups -OCH3 is 1. The number of carboxylic acid groups (broad SMARTS) is 1. The van der Waals surface area contributed by atoms with E-state index in [1.54, 1.807) is 6.92 Å². The summed E-state index contributed by atoms with van der Waals surface area (Å²) >= 11 is 0. The third-order valence-electron chi connectivity index (χ3n) is 4.04. The Kier molecular flexibility index (Phi) is 6.46. The highest BCUT2D eigenvalue weighted by atomic mass is 16.5. The SMILES string of the molecule is COCC(C)(CC(=O)O)NC(=O)C(C)CC1CCCC1. The molecule has 0 bridgehead atoms. The number of nitrogens with one attached hydrogen (secondary N) is 1. The van der Waals surface area contributed by atoms with Crippen molar-refractivity contribution in [3.8, 4) is 0 Å². The summed E-state index contributed by atoms with van der Waals surface area (Å²) in [7, 11) is 1.51. The highest BCUT2D eigenvalue weighted by Gasteiger charge is 2.32. The monoisotopic (exact) mass is 285 g/mol. The average Bonchev–Trinajstić information content (AvgIpc) is 2.80. The lowest BCUT2D eigenvalue weighted by atomic mass is 9.92. The van der Waals surface area contributed by atoms with Crippen molar-refractivity contribution in [2.24, 2.45) is 11.8 Å². The van der Waals surface area contributed by atoms with E-state index in [1.807, 2.05) is 6.92 Å². The Morgan fingerprint density at radius 2 is 2.00 bits per heavy atom. The molecule has 0 saturated heterocycles. The third-order valence-corrected chi connectivity index (χ3v) is 4.04. The largest absolute Gasteiger partial charge is 0.481 e. The number of ether oxygens (including phenoxy) is 1. The van der Waals surface area contributed by atoms with Crippen molar-refractivity contribution in [2.75, 3.05) is 13.7 Å².